The summed E-state index contributed by atoms with van der Waals surface area (Å²) in [6, 6.07) is 11.0. The fourth-order valence-corrected chi connectivity index (χ4v) is 2.72. The van der Waals surface area contributed by atoms with Crippen LogP contribution in [0.2, 0.25) is 10.0 Å². The first-order chi connectivity index (χ1) is 10.0. The third-order valence-corrected chi connectivity index (χ3v) is 4.17. The first kappa shape index (κ1) is 16.2. The molecule has 0 aliphatic heterocycles. The number of hydrogen-bond donors (Lipinski definition) is 2. The summed E-state index contributed by atoms with van der Waals surface area (Å²) in [4.78, 5) is 0. The van der Waals surface area contributed by atoms with E-state index in [4.69, 9.17) is 23.2 Å². The zero-order chi connectivity index (χ0) is 15.5. The molecule has 0 spiro atoms. The Balaban J connectivity index is 2.43. The van der Waals surface area contributed by atoms with E-state index in [0.29, 0.717) is 16.1 Å². The average molecular weight is 329 g/mol. The molecule has 0 saturated carbocycles. The molecule has 0 aliphatic rings. The van der Waals surface area contributed by atoms with Gasteiger partial charge in [-0.1, -0.05) is 41.4 Å². The molecule has 2 N–H and O–H groups in total. The van der Waals surface area contributed by atoms with Crippen LogP contribution in [0.3, 0.4) is 0 Å². The summed E-state index contributed by atoms with van der Waals surface area (Å²) < 4.78 is 13.1. The molecule has 0 saturated heterocycles. The van der Waals surface area contributed by atoms with Crippen molar-refractivity contribution in [2.24, 2.45) is 0 Å². The minimum Gasteiger partial charge on any atom is -0.395 e. The Morgan fingerprint density at radius 1 is 1.00 bits per heavy atom. The van der Waals surface area contributed by atoms with Crippen LogP contribution in [0.5, 0.6) is 0 Å². The minimum absolute atomic E-state index is 0.267. The lowest BCUT2D eigenvalue weighted by Gasteiger charge is -2.31. The molecule has 112 valence electrons. The summed E-state index contributed by atoms with van der Waals surface area (Å²) in [6.45, 7) is -0.560. The molecule has 2 nitrogen and oxygen atoms in total. The van der Waals surface area contributed by atoms with Crippen LogP contribution < -0.4 is 0 Å². The molecule has 0 heterocycles. The van der Waals surface area contributed by atoms with Gasteiger partial charge in [0.05, 0.1) is 13.2 Å². The van der Waals surface area contributed by atoms with Crippen molar-refractivity contribution in [2.75, 3.05) is 13.2 Å². The molecule has 0 atom stereocenters. The predicted octanol–water partition coefficient (Wildman–Crippen LogP) is 3.60. The maximum atomic E-state index is 13.1. The van der Waals surface area contributed by atoms with E-state index in [1.165, 1.54) is 12.1 Å². The smallest absolute Gasteiger partial charge is 0.124 e. The van der Waals surface area contributed by atoms with Crippen LogP contribution in [-0.2, 0) is 11.8 Å². The maximum absolute atomic E-state index is 13.1. The summed E-state index contributed by atoms with van der Waals surface area (Å²) in [7, 11) is 0. The molecule has 0 aromatic heterocycles. The predicted molar refractivity (Wildman–Crippen MR) is 82.4 cm³/mol. The number of hydrogen-bond acceptors (Lipinski definition) is 2. The van der Waals surface area contributed by atoms with Crippen molar-refractivity contribution in [1.82, 2.24) is 0 Å². The summed E-state index contributed by atoms with van der Waals surface area (Å²) in [5.74, 6) is -0.426. The minimum atomic E-state index is -0.924. The highest BCUT2D eigenvalue weighted by atomic mass is 35.5. The van der Waals surface area contributed by atoms with E-state index in [2.05, 4.69) is 0 Å². The van der Waals surface area contributed by atoms with Gasteiger partial charge >= 0.3 is 0 Å². The van der Waals surface area contributed by atoms with Crippen molar-refractivity contribution in [3.63, 3.8) is 0 Å². The van der Waals surface area contributed by atoms with E-state index < -0.39 is 11.2 Å². The van der Waals surface area contributed by atoms with Gasteiger partial charge in [0, 0.05) is 15.5 Å². The number of benzene rings is 2. The molecule has 0 aliphatic carbocycles. The molecule has 2 aromatic carbocycles. The van der Waals surface area contributed by atoms with Crippen molar-refractivity contribution in [2.45, 2.75) is 11.8 Å². The van der Waals surface area contributed by atoms with Crippen molar-refractivity contribution in [3.8, 4) is 0 Å². The molecular formula is C16H15Cl2FO2. The van der Waals surface area contributed by atoms with Gasteiger partial charge in [0.2, 0.25) is 0 Å². The summed E-state index contributed by atoms with van der Waals surface area (Å²) >= 11 is 12.0. The molecule has 0 fully saturated rings. The molecule has 5 heteroatoms. The van der Waals surface area contributed by atoms with E-state index in [1.807, 2.05) is 0 Å². The van der Waals surface area contributed by atoms with Gasteiger partial charge in [-0.15, -0.1) is 0 Å². The quantitative estimate of drug-likeness (QED) is 0.880. The largest absolute Gasteiger partial charge is 0.395 e. The number of aliphatic hydroxyl groups excluding tert-OH is 2. The van der Waals surface area contributed by atoms with Crippen LogP contribution in [0.4, 0.5) is 4.39 Å². The highest BCUT2D eigenvalue weighted by Crippen LogP contribution is 2.32. The Morgan fingerprint density at radius 3 is 2.29 bits per heavy atom. The van der Waals surface area contributed by atoms with Crippen LogP contribution in [0.25, 0.3) is 0 Å². The molecule has 21 heavy (non-hydrogen) atoms. The summed E-state index contributed by atoms with van der Waals surface area (Å²) in [5.41, 5.74) is 0.438. The second kappa shape index (κ2) is 6.75. The molecule has 2 rings (SSSR count). The SMILES string of the molecule is OCC(CO)(Cc1ccc(F)cc1Cl)c1cccc(Cl)c1. The van der Waals surface area contributed by atoms with Crippen LogP contribution in [-0.4, -0.2) is 23.4 Å². The highest BCUT2D eigenvalue weighted by Gasteiger charge is 2.32. The third-order valence-electron chi connectivity index (χ3n) is 3.59. The highest BCUT2D eigenvalue weighted by molar-refractivity contribution is 6.31. The van der Waals surface area contributed by atoms with Gasteiger partial charge in [-0.25, -0.2) is 4.39 Å². The van der Waals surface area contributed by atoms with Gasteiger partial charge in [-0.2, -0.15) is 0 Å². The van der Waals surface area contributed by atoms with Crippen LogP contribution in [0, 0.1) is 5.82 Å². The van der Waals surface area contributed by atoms with Gasteiger partial charge in [0.15, 0.2) is 0 Å². The monoisotopic (exact) mass is 328 g/mol. The van der Waals surface area contributed by atoms with Crippen LogP contribution in [0.15, 0.2) is 42.5 Å². The topological polar surface area (TPSA) is 40.5 Å². The zero-order valence-corrected chi connectivity index (χ0v) is 12.7. The van der Waals surface area contributed by atoms with Gasteiger partial charge in [-0.05, 0) is 41.8 Å². The molecule has 0 bridgehead atoms. The van der Waals surface area contributed by atoms with Crippen molar-refractivity contribution in [3.05, 3.63) is 69.5 Å². The third kappa shape index (κ3) is 3.55. The van der Waals surface area contributed by atoms with Crippen LogP contribution >= 0.6 is 23.2 Å². The van der Waals surface area contributed by atoms with E-state index in [9.17, 15) is 14.6 Å². The lowest BCUT2D eigenvalue weighted by atomic mass is 9.77. The van der Waals surface area contributed by atoms with Crippen molar-refractivity contribution in [1.29, 1.82) is 0 Å². The molecule has 0 radical (unpaired) electrons. The summed E-state index contributed by atoms with van der Waals surface area (Å²) in [6.07, 6.45) is 0.277. The number of aliphatic hydroxyl groups is 2. The second-order valence-electron chi connectivity index (χ2n) is 5.02. The Morgan fingerprint density at radius 2 is 1.71 bits per heavy atom. The van der Waals surface area contributed by atoms with E-state index in [0.717, 1.165) is 0 Å². The van der Waals surface area contributed by atoms with Crippen molar-refractivity contribution < 1.29 is 14.6 Å². The zero-order valence-electron chi connectivity index (χ0n) is 11.2. The Labute approximate surface area is 132 Å². The molecule has 2 aromatic rings. The molecule has 0 amide bonds. The van der Waals surface area contributed by atoms with Gasteiger partial charge in [0.25, 0.3) is 0 Å². The van der Waals surface area contributed by atoms with Crippen LogP contribution in [0.1, 0.15) is 11.1 Å². The van der Waals surface area contributed by atoms with Gasteiger partial charge in [0.1, 0.15) is 5.82 Å². The van der Waals surface area contributed by atoms with E-state index in [-0.39, 0.29) is 24.7 Å². The first-order valence-electron chi connectivity index (χ1n) is 6.42. The fraction of sp³-hybridized carbons (Fsp3) is 0.250. The Bertz CT molecular complexity index is 627. The molecular weight excluding hydrogens is 314 g/mol. The standard InChI is InChI=1S/C16H15Cl2FO2/c17-13-3-1-2-12(6-13)16(9-20,10-21)8-11-4-5-14(19)7-15(11)18/h1-7,20-21H,8-10H2. The lowest BCUT2D eigenvalue weighted by Crippen LogP contribution is -2.37. The molecule has 0 unspecified atom stereocenters. The van der Waals surface area contributed by atoms with Gasteiger partial charge < -0.3 is 10.2 Å². The lowest BCUT2D eigenvalue weighted by molar-refractivity contribution is 0.116. The summed E-state index contributed by atoms with van der Waals surface area (Å²) in [5, 5.41) is 20.4. The first-order valence-corrected chi connectivity index (χ1v) is 7.18. The fourth-order valence-electron chi connectivity index (χ4n) is 2.29. The van der Waals surface area contributed by atoms with Gasteiger partial charge in [-0.3, -0.25) is 0 Å². The number of rotatable bonds is 5. The Hall–Kier alpha value is -1.13. The maximum Gasteiger partial charge on any atom is 0.124 e. The second-order valence-corrected chi connectivity index (χ2v) is 5.86. The van der Waals surface area contributed by atoms with E-state index in [1.54, 1.807) is 30.3 Å². The average Bonchev–Trinajstić information content (AvgIpc) is 2.47. The van der Waals surface area contributed by atoms with E-state index >= 15 is 0 Å². The Kier molecular flexibility index (Phi) is 5.22. The normalized spacial score (nSPS) is 11.7. The number of halogens is 3. The van der Waals surface area contributed by atoms with Crippen molar-refractivity contribution >= 4 is 23.2 Å².